The van der Waals surface area contributed by atoms with E-state index in [4.69, 9.17) is 32.0 Å². The van der Waals surface area contributed by atoms with Crippen molar-refractivity contribution in [2.75, 3.05) is 0 Å². The van der Waals surface area contributed by atoms with E-state index in [1.807, 2.05) is 0 Å². The van der Waals surface area contributed by atoms with Gasteiger partial charge in [-0.3, -0.25) is 0 Å². The molecule has 0 radical (unpaired) electrons. The average molecular weight is 416 g/mol. The first kappa shape index (κ1) is 19.0. The molecule has 0 spiro atoms. The van der Waals surface area contributed by atoms with Crippen LogP contribution in [-0.4, -0.2) is 25.3 Å². The molecule has 0 atom stereocenters. The Morgan fingerprint density at radius 3 is 0.905 bits per heavy atom. The van der Waals surface area contributed by atoms with Gasteiger partial charge in [0.2, 0.25) is 27.2 Å². The Hall–Kier alpha value is -0.0600. The van der Waals surface area contributed by atoms with Gasteiger partial charge in [-0.1, -0.05) is 18.2 Å². The molecule has 21 heavy (non-hydrogen) atoms. The van der Waals surface area contributed by atoms with Gasteiger partial charge in [0.05, 0.1) is 17.3 Å². The third kappa shape index (κ3) is 8.84. The van der Waals surface area contributed by atoms with E-state index in [-0.39, 0.29) is 16.7 Å². The predicted molar refractivity (Wildman–Crippen MR) is 81.9 cm³/mol. The van der Waals surface area contributed by atoms with Crippen LogP contribution in [0.15, 0.2) is 18.2 Å². The molecule has 120 valence electrons. The lowest BCUT2D eigenvalue weighted by Crippen LogP contribution is -2.03. The summed E-state index contributed by atoms with van der Waals surface area (Å²) in [6.45, 7) is 0. The zero-order chi connectivity index (χ0) is 16.5. The number of hydrogen-bond acceptors (Lipinski definition) is 6. The molecule has 0 N–H and O–H groups in total. The molecule has 0 heterocycles. The SMILES string of the molecule is O=S(=O)(Cl)Cc1cc(CS(=O)(=O)Cl)cc(CS(=O)(=O)Cl)c1. The molecule has 0 aliphatic heterocycles. The Morgan fingerprint density at radius 1 is 0.571 bits per heavy atom. The van der Waals surface area contributed by atoms with Gasteiger partial charge >= 0.3 is 0 Å². The molecule has 0 saturated carbocycles. The fourth-order valence-corrected chi connectivity index (χ4v) is 4.51. The largest absolute Gasteiger partial charge is 0.236 e. The van der Waals surface area contributed by atoms with Gasteiger partial charge in [-0.05, 0) is 16.7 Å². The lowest BCUT2D eigenvalue weighted by molar-refractivity contribution is 0.607. The summed E-state index contributed by atoms with van der Waals surface area (Å²) in [5.41, 5.74) is 0.411. The van der Waals surface area contributed by atoms with E-state index in [0.717, 1.165) is 0 Å². The van der Waals surface area contributed by atoms with Gasteiger partial charge in [-0.15, -0.1) is 0 Å². The van der Waals surface area contributed by atoms with Gasteiger partial charge in [0.1, 0.15) is 0 Å². The molecule has 1 aromatic carbocycles. The van der Waals surface area contributed by atoms with Crippen LogP contribution in [-0.2, 0) is 44.4 Å². The van der Waals surface area contributed by atoms with E-state index in [2.05, 4.69) is 0 Å². The van der Waals surface area contributed by atoms with Gasteiger partial charge in [0, 0.05) is 32.0 Å². The van der Waals surface area contributed by atoms with Gasteiger partial charge in [0.15, 0.2) is 0 Å². The Labute approximate surface area is 136 Å². The molecule has 0 amide bonds. The molecular formula is C9H9Cl3O6S3. The molecule has 0 bridgehead atoms. The topological polar surface area (TPSA) is 102 Å². The molecule has 0 fully saturated rings. The lowest BCUT2D eigenvalue weighted by atomic mass is 10.1. The van der Waals surface area contributed by atoms with E-state index in [0.29, 0.717) is 0 Å². The van der Waals surface area contributed by atoms with Crippen molar-refractivity contribution in [2.45, 2.75) is 17.3 Å². The number of rotatable bonds is 6. The average Bonchev–Trinajstić information content (AvgIpc) is 2.06. The van der Waals surface area contributed by atoms with Crippen LogP contribution in [0.2, 0.25) is 0 Å². The minimum Gasteiger partial charge on any atom is -0.212 e. The normalized spacial score (nSPS) is 13.3. The van der Waals surface area contributed by atoms with Crippen LogP contribution >= 0.6 is 32.0 Å². The van der Waals surface area contributed by atoms with Crippen molar-refractivity contribution in [2.24, 2.45) is 0 Å². The number of halogens is 3. The highest BCUT2D eigenvalue weighted by Crippen LogP contribution is 2.20. The summed E-state index contributed by atoms with van der Waals surface area (Å²) in [7, 11) is 3.69. The molecule has 1 rings (SSSR count). The Bertz CT molecular complexity index is 716. The highest BCUT2D eigenvalue weighted by molar-refractivity contribution is 8.13. The van der Waals surface area contributed by atoms with Crippen molar-refractivity contribution in [3.05, 3.63) is 34.9 Å². The summed E-state index contributed by atoms with van der Waals surface area (Å²) in [5.74, 6) is -1.75. The number of hydrogen-bond donors (Lipinski definition) is 0. The second-order valence-electron chi connectivity index (χ2n) is 4.21. The van der Waals surface area contributed by atoms with E-state index in [1.165, 1.54) is 18.2 Å². The van der Waals surface area contributed by atoms with Crippen LogP contribution in [0, 0.1) is 0 Å². The molecule has 0 aliphatic carbocycles. The smallest absolute Gasteiger partial charge is 0.212 e. The standard InChI is InChI=1S/C9H9Cl3O6S3/c10-19(13,14)4-7-1-8(5-20(11,15)16)3-9(2-7)6-21(12,17)18/h1-3H,4-6H2. The highest BCUT2D eigenvalue weighted by Gasteiger charge is 2.15. The van der Waals surface area contributed by atoms with Crippen molar-refractivity contribution < 1.29 is 25.3 Å². The molecule has 1 aromatic rings. The second-order valence-corrected chi connectivity index (χ2v) is 12.5. The van der Waals surface area contributed by atoms with Crippen LogP contribution in [0.1, 0.15) is 16.7 Å². The fraction of sp³-hybridized carbons (Fsp3) is 0.333. The quantitative estimate of drug-likeness (QED) is 0.657. The maximum Gasteiger partial charge on any atom is 0.236 e. The lowest BCUT2D eigenvalue weighted by Gasteiger charge is -2.07. The van der Waals surface area contributed by atoms with Gasteiger partial charge in [-0.2, -0.15) is 0 Å². The Morgan fingerprint density at radius 2 is 0.762 bits per heavy atom. The molecular weight excluding hydrogens is 407 g/mol. The molecule has 0 aromatic heterocycles. The Balaban J connectivity index is 3.31. The van der Waals surface area contributed by atoms with Gasteiger partial charge in [-0.25, -0.2) is 25.3 Å². The first-order valence-corrected chi connectivity index (χ1v) is 12.6. The van der Waals surface area contributed by atoms with Crippen LogP contribution in [0.4, 0.5) is 0 Å². The maximum absolute atomic E-state index is 11.1. The third-order valence-corrected chi connectivity index (χ3v) is 5.15. The third-order valence-electron chi connectivity index (χ3n) is 2.13. The second kappa shape index (κ2) is 6.59. The zero-order valence-electron chi connectivity index (χ0n) is 10.2. The summed E-state index contributed by atoms with van der Waals surface area (Å²) in [4.78, 5) is 0. The molecule has 6 nitrogen and oxygen atoms in total. The van der Waals surface area contributed by atoms with Crippen LogP contribution in [0.5, 0.6) is 0 Å². The van der Waals surface area contributed by atoms with Crippen LogP contribution in [0.3, 0.4) is 0 Å². The summed E-state index contributed by atoms with van der Waals surface area (Å²) in [6.07, 6.45) is 0. The summed E-state index contributed by atoms with van der Waals surface area (Å²) in [5, 5.41) is 0. The maximum atomic E-state index is 11.1. The van der Waals surface area contributed by atoms with Crippen molar-refractivity contribution in [1.29, 1.82) is 0 Å². The predicted octanol–water partition coefficient (Wildman–Crippen LogP) is 1.89. The van der Waals surface area contributed by atoms with Gasteiger partial charge < -0.3 is 0 Å². The van der Waals surface area contributed by atoms with Crippen molar-refractivity contribution >= 4 is 59.2 Å². The summed E-state index contributed by atoms with van der Waals surface area (Å²) in [6, 6.07) is 3.80. The molecule has 0 aliphatic rings. The monoisotopic (exact) mass is 414 g/mol. The van der Waals surface area contributed by atoms with Crippen molar-refractivity contribution in [3.63, 3.8) is 0 Å². The van der Waals surface area contributed by atoms with Crippen LogP contribution in [0.25, 0.3) is 0 Å². The minimum absolute atomic E-state index is 0.137. The highest BCUT2D eigenvalue weighted by atomic mass is 35.7. The molecule has 0 saturated heterocycles. The molecule has 12 heteroatoms. The van der Waals surface area contributed by atoms with Gasteiger partial charge in [0.25, 0.3) is 0 Å². The fourth-order valence-electron chi connectivity index (χ4n) is 1.69. The zero-order valence-corrected chi connectivity index (χ0v) is 14.9. The first-order valence-electron chi connectivity index (χ1n) is 5.12. The van der Waals surface area contributed by atoms with E-state index in [1.54, 1.807) is 0 Å². The van der Waals surface area contributed by atoms with E-state index in [9.17, 15) is 25.3 Å². The van der Waals surface area contributed by atoms with E-state index < -0.39 is 44.4 Å². The summed E-state index contributed by atoms with van der Waals surface area (Å²) >= 11 is 0. The minimum atomic E-state index is -3.89. The van der Waals surface area contributed by atoms with E-state index >= 15 is 0 Å². The van der Waals surface area contributed by atoms with Crippen molar-refractivity contribution in [1.82, 2.24) is 0 Å². The van der Waals surface area contributed by atoms with Crippen molar-refractivity contribution in [3.8, 4) is 0 Å². The first-order chi connectivity index (χ1) is 9.23. The summed E-state index contributed by atoms with van der Waals surface area (Å²) < 4.78 is 66.4. The molecule has 0 unspecified atom stereocenters. The van der Waals surface area contributed by atoms with Crippen LogP contribution < -0.4 is 0 Å². The Kier molecular flexibility index (Phi) is 5.96. The number of benzene rings is 1.